The van der Waals surface area contributed by atoms with E-state index in [1.807, 2.05) is 0 Å². The Morgan fingerprint density at radius 2 is 1.83 bits per heavy atom. The molecule has 1 saturated heterocycles. The fraction of sp³-hybridized carbons (Fsp3) is 0.391. The molecule has 2 aliphatic rings. The van der Waals surface area contributed by atoms with Crippen LogP contribution in [0.2, 0.25) is 0 Å². The molecule has 3 nitrogen and oxygen atoms in total. The van der Waals surface area contributed by atoms with Gasteiger partial charge >= 0.3 is 6.18 Å². The molecule has 6 heteroatoms. The zero-order chi connectivity index (χ0) is 20.0. The number of hydrogen-bond donors (Lipinski definition) is 1. The summed E-state index contributed by atoms with van der Waals surface area (Å²) in [4.78, 5) is 2.35. The smallest absolute Gasteiger partial charge is 0.416 e. The van der Waals surface area contributed by atoms with Gasteiger partial charge in [0.2, 0.25) is 0 Å². The number of nitrogens with one attached hydrogen (secondary N) is 1. The SMILES string of the molecule is FC(F)(F)c1ccc(Cc2occ3cc(N4CCNCC4)ccc23)c(C2CC2)c1. The zero-order valence-corrected chi connectivity index (χ0v) is 16.1. The van der Waals surface area contributed by atoms with E-state index in [1.54, 1.807) is 12.3 Å². The zero-order valence-electron chi connectivity index (χ0n) is 16.1. The number of rotatable bonds is 4. The van der Waals surface area contributed by atoms with Crippen LogP contribution in [0, 0.1) is 0 Å². The van der Waals surface area contributed by atoms with Gasteiger partial charge in [-0.2, -0.15) is 13.2 Å². The van der Waals surface area contributed by atoms with Crippen molar-refractivity contribution in [3.05, 3.63) is 65.1 Å². The van der Waals surface area contributed by atoms with Crippen LogP contribution in [0.25, 0.3) is 10.8 Å². The largest absolute Gasteiger partial charge is 0.468 e. The summed E-state index contributed by atoms with van der Waals surface area (Å²) >= 11 is 0. The van der Waals surface area contributed by atoms with Crippen LogP contribution in [0.3, 0.4) is 0 Å². The average molecular weight is 400 g/mol. The molecule has 2 aromatic carbocycles. The van der Waals surface area contributed by atoms with Crippen LogP contribution in [-0.4, -0.2) is 26.2 Å². The second-order valence-corrected chi connectivity index (χ2v) is 8.03. The summed E-state index contributed by atoms with van der Waals surface area (Å²) in [5, 5.41) is 5.43. The summed E-state index contributed by atoms with van der Waals surface area (Å²) in [6, 6.07) is 10.5. The maximum atomic E-state index is 13.1. The first-order valence-electron chi connectivity index (χ1n) is 10.1. The molecule has 0 unspecified atom stereocenters. The number of benzene rings is 2. The molecule has 2 fully saturated rings. The fourth-order valence-electron chi connectivity index (χ4n) is 4.24. The number of nitrogens with zero attached hydrogens (tertiary/aromatic N) is 1. The minimum Gasteiger partial charge on any atom is -0.468 e. The highest BCUT2D eigenvalue weighted by atomic mass is 19.4. The lowest BCUT2D eigenvalue weighted by atomic mass is 9.96. The van der Waals surface area contributed by atoms with Crippen LogP contribution < -0.4 is 10.2 Å². The second-order valence-electron chi connectivity index (χ2n) is 8.03. The van der Waals surface area contributed by atoms with Gasteiger partial charge in [0, 0.05) is 49.1 Å². The van der Waals surface area contributed by atoms with Gasteiger partial charge in [0.15, 0.2) is 0 Å². The third-order valence-corrected chi connectivity index (χ3v) is 5.99. The van der Waals surface area contributed by atoms with Gasteiger partial charge in [0.25, 0.3) is 0 Å². The number of anilines is 1. The Morgan fingerprint density at radius 1 is 1.03 bits per heavy atom. The van der Waals surface area contributed by atoms with E-state index in [0.717, 1.165) is 66.7 Å². The van der Waals surface area contributed by atoms with Crippen molar-refractivity contribution in [2.24, 2.45) is 0 Å². The van der Waals surface area contributed by atoms with E-state index in [1.165, 1.54) is 17.8 Å². The molecule has 0 atom stereocenters. The lowest BCUT2D eigenvalue weighted by Gasteiger charge is -2.29. The second kappa shape index (κ2) is 7.10. The highest BCUT2D eigenvalue weighted by Crippen LogP contribution is 2.44. The van der Waals surface area contributed by atoms with Gasteiger partial charge < -0.3 is 14.6 Å². The summed E-state index contributed by atoms with van der Waals surface area (Å²) in [7, 11) is 0. The number of hydrogen-bond acceptors (Lipinski definition) is 3. The van der Waals surface area contributed by atoms with Crippen LogP contribution in [-0.2, 0) is 12.6 Å². The Labute approximate surface area is 167 Å². The predicted octanol–water partition coefficient (Wildman–Crippen LogP) is 5.33. The topological polar surface area (TPSA) is 28.4 Å². The number of piperazine rings is 1. The van der Waals surface area contributed by atoms with Gasteiger partial charge in [0.1, 0.15) is 5.76 Å². The van der Waals surface area contributed by atoms with Gasteiger partial charge in [0.05, 0.1) is 11.8 Å². The Balaban J connectivity index is 1.44. The van der Waals surface area contributed by atoms with Crippen LogP contribution >= 0.6 is 0 Å². The van der Waals surface area contributed by atoms with E-state index < -0.39 is 11.7 Å². The first kappa shape index (κ1) is 18.6. The van der Waals surface area contributed by atoms with E-state index in [9.17, 15) is 13.2 Å². The molecule has 5 rings (SSSR count). The van der Waals surface area contributed by atoms with Gasteiger partial charge in [-0.1, -0.05) is 6.07 Å². The monoisotopic (exact) mass is 400 g/mol. The minimum absolute atomic E-state index is 0.243. The van der Waals surface area contributed by atoms with Gasteiger partial charge in [-0.3, -0.25) is 0 Å². The lowest BCUT2D eigenvalue weighted by Crippen LogP contribution is -2.43. The molecule has 1 aromatic heterocycles. The van der Waals surface area contributed by atoms with Crippen molar-refractivity contribution in [1.82, 2.24) is 5.32 Å². The van der Waals surface area contributed by atoms with Crippen molar-refractivity contribution in [1.29, 1.82) is 0 Å². The summed E-state index contributed by atoms with van der Waals surface area (Å²) in [5.74, 6) is 1.06. The number of halogens is 3. The van der Waals surface area contributed by atoms with E-state index >= 15 is 0 Å². The third-order valence-electron chi connectivity index (χ3n) is 5.99. The third kappa shape index (κ3) is 3.73. The summed E-state index contributed by atoms with van der Waals surface area (Å²) in [6.07, 6.45) is -0.111. The molecule has 1 saturated carbocycles. The van der Waals surface area contributed by atoms with Crippen molar-refractivity contribution in [3.8, 4) is 0 Å². The van der Waals surface area contributed by atoms with Crippen molar-refractivity contribution in [3.63, 3.8) is 0 Å². The van der Waals surface area contributed by atoms with Crippen molar-refractivity contribution >= 4 is 16.5 Å². The van der Waals surface area contributed by atoms with Gasteiger partial charge in [-0.05, 0) is 60.2 Å². The normalized spacial score (nSPS) is 17.8. The predicted molar refractivity (Wildman–Crippen MR) is 108 cm³/mol. The summed E-state index contributed by atoms with van der Waals surface area (Å²) in [5.41, 5.74) is 2.37. The maximum Gasteiger partial charge on any atom is 0.416 e. The fourth-order valence-corrected chi connectivity index (χ4v) is 4.24. The molecule has 1 aliphatic heterocycles. The minimum atomic E-state index is -4.31. The van der Waals surface area contributed by atoms with Gasteiger partial charge in [-0.15, -0.1) is 0 Å². The van der Waals surface area contributed by atoms with E-state index in [0.29, 0.717) is 6.42 Å². The van der Waals surface area contributed by atoms with Crippen LogP contribution in [0.15, 0.2) is 47.1 Å². The number of fused-ring (bicyclic) bond motifs is 1. The van der Waals surface area contributed by atoms with Crippen LogP contribution in [0.1, 0.15) is 41.2 Å². The van der Waals surface area contributed by atoms with E-state index in [2.05, 4.69) is 28.4 Å². The maximum absolute atomic E-state index is 13.1. The highest BCUT2D eigenvalue weighted by Gasteiger charge is 2.34. The van der Waals surface area contributed by atoms with Gasteiger partial charge in [-0.25, -0.2) is 0 Å². The molecule has 152 valence electrons. The first-order valence-corrected chi connectivity index (χ1v) is 10.1. The molecule has 29 heavy (non-hydrogen) atoms. The molecule has 0 bridgehead atoms. The lowest BCUT2D eigenvalue weighted by molar-refractivity contribution is -0.137. The molecule has 3 aromatic rings. The quantitative estimate of drug-likeness (QED) is 0.642. The highest BCUT2D eigenvalue weighted by molar-refractivity contribution is 5.87. The molecular formula is C23H23F3N2O. The van der Waals surface area contributed by atoms with Crippen LogP contribution in [0.4, 0.5) is 18.9 Å². The standard InChI is InChI=1S/C23H23F3N2O/c24-23(25,26)18-4-3-16(21(13-18)15-1-2-15)12-22-20-6-5-19(11-17(20)14-29-22)28-9-7-27-8-10-28/h3-6,11,13-15,27H,1-2,7-10,12H2. The Morgan fingerprint density at radius 3 is 2.55 bits per heavy atom. The van der Waals surface area contributed by atoms with Crippen molar-refractivity contribution in [2.75, 3.05) is 31.1 Å². The Hall–Kier alpha value is -2.47. The van der Waals surface area contributed by atoms with E-state index in [4.69, 9.17) is 4.42 Å². The summed E-state index contributed by atoms with van der Waals surface area (Å²) in [6.45, 7) is 3.91. The Bertz CT molecular complexity index is 1030. The van der Waals surface area contributed by atoms with Crippen molar-refractivity contribution < 1.29 is 17.6 Å². The Kier molecular flexibility index (Phi) is 4.54. The number of furan rings is 1. The molecule has 0 spiro atoms. The molecule has 1 aliphatic carbocycles. The molecule has 0 amide bonds. The molecule has 1 N–H and O–H groups in total. The first-order chi connectivity index (χ1) is 14.0. The number of alkyl halides is 3. The van der Waals surface area contributed by atoms with Crippen LogP contribution in [0.5, 0.6) is 0 Å². The molecule has 2 heterocycles. The summed E-state index contributed by atoms with van der Waals surface area (Å²) < 4.78 is 45.3. The van der Waals surface area contributed by atoms with E-state index in [-0.39, 0.29) is 5.92 Å². The average Bonchev–Trinajstić information content (AvgIpc) is 3.49. The van der Waals surface area contributed by atoms with Crippen molar-refractivity contribution in [2.45, 2.75) is 31.4 Å². The molecular weight excluding hydrogens is 377 g/mol. The molecule has 0 radical (unpaired) electrons.